The van der Waals surface area contributed by atoms with Gasteiger partial charge >= 0.3 is 0 Å². The molecule has 6 rings (SSSR count). The van der Waals surface area contributed by atoms with Crippen LogP contribution in [0.3, 0.4) is 0 Å². The van der Waals surface area contributed by atoms with Crippen molar-refractivity contribution in [2.24, 2.45) is 5.92 Å². The van der Waals surface area contributed by atoms with Crippen molar-refractivity contribution in [3.8, 4) is 5.75 Å². The lowest BCUT2D eigenvalue weighted by molar-refractivity contribution is -0.131. The summed E-state index contributed by atoms with van der Waals surface area (Å²) in [6.07, 6.45) is 2.35. The average Bonchev–Trinajstić information content (AvgIpc) is 3.77. The lowest BCUT2D eigenvalue weighted by atomic mass is 9.88. The van der Waals surface area contributed by atoms with E-state index in [1.165, 1.54) is 22.3 Å². The Bertz CT molecular complexity index is 1540. The molecule has 0 saturated carbocycles. The lowest BCUT2D eigenvalue weighted by Gasteiger charge is -2.25. The van der Waals surface area contributed by atoms with Gasteiger partial charge in [-0.1, -0.05) is 12.1 Å². The van der Waals surface area contributed by atoms with Gasteiger partial charge in [-0.3, -0.25) is 14.4 Å². The zero-order chi connectivity index (χ0) is 28.2. The number of benzene rings is 2. The number of fused-ring (bicyclic) bond motifs is 5. The molecule has 1 fully saturated rings. The summed E-state index contributed by atoms with van der Waals surface area (Å²) in [5, 5.41) is 14.1. The third-order valence-corrected chi connectivity index (χ3v) is 8.42. The van der Waals surface area contributed by atoms with E-state index in [2.05, 4.69) is 25.8 Å². The van der Waals surface area contributed by atoms with E-state index < -0.39 is 5.92 Å². The monoisotopic (exact) mass is 574 g/mol. The van der Waals surface area contributed by atoms with E-state index in [9.17, 15) is 14.4 Å². The van der Waals surface area contributed by atoms with Crippen LogP contribution in [0.5, 0.6) is 5.75 Å². The van der Waals surface area contributed by atoms with Gasteiger partial charge < -0.3 is 19.9 Å². The number of hydrogen-bond acceptors (Lipinski definition) is 9. The van der Waals surface area contributed by atoms with Crippen LogP contribution in [0.1, 0.15) is 34.7 Å². The molecular formula is C28H30N8O4S. The molecule has 0 radical (unpaired) electrons. The van der Waals surface area contributed by atoms with Crippen LogP contribution in [0.4, 0.5) is 0 Å². The van der Waals surface area contributed by atoms with E-state index in [0.717, 1.165) is 15.8 Å². The first-order valence-electron chi connectivity index (χ1n) is 13.7. The number of aromatic nitrogens is 5. The number of carbonyl (C=O) groups is 3. The Balaban J connectivity index is 1.18. The van der Waals surface area contributed by atoms with Crippen LogP contribution in [0.25, 0.3) is 10.2 Å². The number of carbonyl (C=O) groups excluding carboxylic acids is 3. The smallest absolute Gasteiger partial charge is 0.253 e. The Kier molecular flexibility index (Phi) is 7.85. The second kappa shape index (κ2) is 12.0. The van der Waals surface area contributed by atoms with Crippen LogP contribution in [-0.4, -0.2) is 92.0 Å². The number of aryl methyl sites for hydroxylation is 1. The molecule has 12 nitrogen and oxygen atoms in total. The normalized spacial score (nSPS) is 19.8. The zero-order valence-electron chi connectivity index (χ0n) is 22.4. The van der Waals surface area contributed by atoms with Crippen molar-refractivity contribution in [1.29, 1.82) is 0 Å². The molecule has 2 aromatic heterocycles. The second-order valence-electron chi connectivity index (χ2n) is 10.2. The maximum atomic E-state index is 13.5. The van der Waals surface area contributed by atoms with E-state index in [1.54, 1.807) is 21.4 Å². The van der Waals surface area contributed by atoms with Crippen LogP contribution < -0.4 is 10.1 Å². The number of nitrogens with one attached hydrogen (secondary N) is 1. The first-order valence-corrected chi connectivity index (χ1v) is 14.5. The molecular weight excluding hydrogens is 544 g/mol. The number of tetrazole rings is 1. The van der Waals surface area contributed by atoms with Gasteiger partial charge in [0.25, 0.3) is 5.91 Å². The average molecular weight is 575 g/mol. The predicted molar refractivity (Wildman–Crippen MR) is 150 cm³/mol. The Morgan fingerprint density at radius 1 is 1.07 bits per heavy atom. The fourth-order valence-electron chi connectivity index (χ4n) is 5.47. The van der Waals surface area contributed by atoms with Gasteiger partial charge in [0.15, 0.2) is 0 Å². The summed E-state index contributed by atoms with van der Waals surface area (Å²) in [6.45, 7) is 2.72. The van der Waals surface area contributed by atoms with E-state index in [-0.39, 0.29) is 30.1 Å². The van der Waals surface area contributed by atoms with E-state index in [0.29, 0.717) is 63.6 Å². The molecule has 4 aromatic rings. The SMILES string of the molecule is O=C1NCCN(C(=O)c2ccc3ncsc3c2)CCCOc2cccc(c2)[C@H]2CN(C(=O)CCn3cnnn3)C[C@H]12. The van der Waals surface area contributed by atoms with Crippen LogP contribution in [0, 0.1) is 5.92 Å². The van der Waals surface area contributed by atoms with Crippen LogP contribution in [0.15, 0.2) is 54.3 Å². The number of thiazole rings is 1. The number of rotatable bonds is 4. The van der Waals surface area contributed by atoms with Crippen molar-refractivity contribution in [2.45, 2.75) is 25.3 Å². The van der Waals surface area contributed by atoms with E-state index in [1.807, 2.05) is 36.4 Å². The minimum Gasteiger partial charge on any atom is -0.494 e. The molecule has 0 spiro atoms. The topological polar surface area (TPSA) is 135 Å². The summed E-state index contributed by atoms with van der Waals surface area (Å²) in [5.41, 5.74) is 4.19. The van der Waals surface area contributed by atoms with Gasteiger partial charge in [-0.2, -0.15) is 0 Å². The van der Waals surface area contributed by atoms with Crippen molar-refractivity contribution in [3.05, 3.63) is 65.4 Å². The van der Waals surface area contributed by atoms with Crippen molar-refractivity contribution in [2.75, 3.05) is 39.3 Å². The zero-order valence-corrected chi connectivity index (χ0v) is 23.2. The predicted octanol–water partition coefficient (Wildman–Crippen LogP) is 1.96. The van der Waals surface area contributed by atoms with Gasteiger partial charge in [0.05, 0.1) is 34.8 Å². The molecule has 2 aliphatic heterocycles. The molecule has 2 bridgehead atoms. The Labute approximate surface area is 240 Å². The summed E-state index contributed by atoms with van der Waals surface area (Å²) < 4.78 is 8.53. The molecule has 3 amide bonds. The van der Waals surface area contributed by atoms with Crippen molar-refractivity contribution in [3.63, 3.8) is 0 Å². The minimum atomic E-state index is -0.428. The molecule has 2 aliphatic rings. The van der Waals surface area contributed by atoms with Gasteiger partial charge in [0, 0.05) is 50.6 Å². The third-order valence-electron chi connectivity index (χ3n) is 7.63. The summed E-state index contributed by atoms with van der Waals surface area (Å²) in [6, 6.07) is 13.3. The molecule has 2 atom stereocenters. The number of nitrogens with zero attached hydrogens (tertiary/aromatic N) is 7. The first kappa shape index (κ1) is 26.8. The molecule has 1 N–H and O–H groups in total. The molecule has 0 unspecified atom stereocenters. The fourth-order valence-corrected chi connectivity index (χ4v) is 6.19. The molecule has 41 heavy (non-hydrogen) atoms. The third kappa shape index (κ3) is 6.04. The van der Waals surface area contributed by atoms with E-state index in [4.69, 9.17) is 4.74 Å². The minimum absolute atomic E-state index is 0.0548. The van der Waals surface area contributed by atoms with E-state index >= 15 is 0 Å². The number of hydrogen-bond donors (Lipinski definition) is 1. The van der Waals surface area contributed by atoms with Gasteiger partial charge in [0.1, 0.15) is 12.1 Å². The summed E-state index contributed by atoms with van der Waals surface area (Å²) in [5.74, 6) is -0.184. The number of amides is 3. The second-order valence-corrected chi connectivity index (χ2v) is 11.1. The molecule has 4 heterocycles. The lowest BCUT2D eigenvalue weighted by Crippen LogP contribution is -2.42. The number of ether oxygens (including phenoxy) is 1. The fraction of sp³-hybridized carbons (Fsp3) is 0.393. The van der Waals surface area contributed by atoms with Crippen LogP contribution in [0.2, 0.25) is 0 Å². The Hall–Kier alpha value is -4.39. The summed E-state index contributed by atoms with van der Waals surface area (Å²) in [4.78, 5) is 47.9. The van der Waals surface area contributed by atoms with Gasteiger partial charge in [-0.15, -0.1) is 16.4 Å². The standard InChI is InChI=1S/C28H30N8O4S/c37-26(7-10-36-17-31-32-33-36)35-15-22-19-3-1-4-21(13-19)40-12-2-9-34(11-8-29-27(38)23(22)16-35)28(39)20-5-6-24-25(14-20)41-18-30-24/h1,3-6,13-14,17-18,22-23H,2,7-12,15-16H2,(H,29,38)/t22-,23+/m1/s1. The quantitative estimate of drug-likeness (QED) is 0.391. The summed E-state index contributed by atoms with van der Waals surface area (Å²) >= 11 is 1.50. The van der Waals surface area contributed by atoms with Crippen LogP contribution >= 0.6 is 11.3 Å². The molecule has 2 aromatic carbocycles. The highest BCUT2D eigenvalue weighted by molar-refractivity contribution is 7.16. The highest BCUT2D eigenvalue weighted by atomic mass is 32.1. The molecule has 1 saturated heterocycles. The van der Waals surface area contributed by atoms with Gasteiger partial charge in [-0.05, 0) is 52.7 Å². The Morgan fingerprint density at radius 2 is 1.98 bits per heavy atom. The highest BCUT2D eigenvalue weighted by Crippen LogP contribution is 2.35. The largest absolute Gasteiger partial charge is 0.494 e. The molecule has 212 valence electrons. The Morgan fingerprint density at radius 3 is 2.85 bits per heavy atom. The first-order chi connectivity index (χ1) is 20.0. The number of likely N-dealkylation sites (tertiary alicyclic amines) is 1. The highest BCUT2D eigenvalue weighted by Gasteiger charge is 2.40. The molecule has 13 heteroatoms. The van der Waals surface area contributed by atoms with Crippen molar-refractivity contribution in [1.82, 2.24) is 40.3 Å². The summed E-state index contributed by atoms with van der Waals surface area (Å²) in [7, 11) is 0. The van der Waals surface area contributed by atoms with Gasteiger partial charge in [-0.25, -0.2) is 9.67 Å². The molecule has 0 aliphatic carbocycles. The maximum Gasteiger partial charge on any atom is 0.253 e. The van der Waals surface area contributed by atoms with Crippen molar-refractivity contribution >= 4 is 39.3 Å². The van der Waals surface area contributed by atoms with Gasteiger partial charge in [0.2, 0.25) is 11.8 Å². The maximum absolute atomic E-state index is 13.5. The van der Waals surface area contributed by atoms with Crippen molar-refractivity contribution < 1.29 is 19.1 Å². The van der Waals surface area contributed by atoms with Crippen LogP contribution in [-0.2, 0) is 16.1 Å².